The van der Waals surface area contributed by atoms with Gasteiger partial charge < -0.3 is 25.7 Å². The van der Waals surface area contributed by atoms with Crippen LogP contribution in [0.1, 0.15) is 63.1 Å². The highest BCUT2D eigenvalue weighted by molar-refractivity contribution is 6.31. The number of hydrogen-bond donors (Lipinski definition) is 5. The third-order valence-electron chi connectivity index (χ3n) is 8.51. The van der Waals surface area contributed by atoms with E-state index in [1.54, 1.807) is 48.5 Å². The Hall–Kier alpha value is -4.92. The van der Waals surface area contributed by atoms with Gasteiger partial charge in [-0.2, -0.15) is 0 Å². The molecule has 8 nitrogen and oxygen atoms in total. The summed E-state index contributed by atoms with van der Waals surface area (Å²) in [5.74, 6) is -3.10. The van der Waals surface area contributed by atoms with E-state index >= 15 is 0 Å². The van der Waals surface area contributed by atoms with E-state index in [9.17, 15) is 34.8 Å². The van der Waals surface area contributed by atoms with Gasteiger partial charge in [-0.25, -0.2) is 9.59 Å². The molecular formula is C36H32ClNO7. The summed E-state index contributed by atoms with van der Waals surface area (Å²) in [7, 11) is 1.84. The van der Waals surface area contributed by atoms with Gasteiger partial charge in [-0.3, -0.25) is 4.79 Å². The van der Waals surface area contributed by atoms with Crippen LogP contribution in [0.3, 0.4) is 0 Å². The van der Waals surface area contributed by atoms with Crippen LogP contribution in [0.25, 0.3) is 21.5 Å². The number of halogens is 1. The number of aromatic hydroxyl groups is 2. The van der Waals surface area contributed by atoms with E-state index in [1.807, 2.05) is 31.3 Å². The van der Waals surface area contributed by atoms with Crippen LogP contribution in [-0.4, -0.2) is 45.2 Å². The van der Waals surface area contributed by atoms with Gasteiger partial charge in [-0.1, -0.05) is 84.8 Å². The normalized spacial score (nSPS) is 16.3. The van der Waals surface area contributed by atoms with Crippen molar-refractivity contribution in [1.82, 2.24) is 5.32 Å². The molecule has 0 heterocycles. The first kappa shape index (κ1) is 31.5. The van der Waals surface area contributed by atoms with E-state index in [0.717, 1.165) is 24.8 Å². The van der Waals surface area contributed by atoms with Crippen molar-refractivity contribution in [2.75, 3.05) is 7.05 Å². The van der Waals surface area contributed by atoms with E-state index in [1.165, 1.54) is 12.1 Å². The molecule has 0 saturated heterocycles. The Labute approximate surface area is 264 Å². The number of carbonyl (C=O) groups is 3. The average Bonchev–Trinajstić information content (AvgIpc) is 3.04. The maximum atomic E-state index is 12.2. The van der Waals surface area contributed by atoms with Crippen LogP contribution in [0.5, 0.6) is 11.5 Å². The Morgan fingerprint density at radius 2 is 1.27 bits per heavy atom. The molecule has 5 N–H and O–H groups in total. The topological polar surface area (TPSA) is 144 Å². The molecule has 1 aliphatic carbocycles. The molecule has 0 radical (unpaired) electrons. The maximum Gasteiger partial charge on any atom is 0.339 e. The zero-order valence-electron chi connectivity index (χ0n) is 24.5. The monoisotopic (exact) mass is 625 g/mol. The van der Waals surface area contributed by atoms with Gasteiger partial charge in [-0.15, -0.1) is 0 Å². The zero-order chi connectivity index (χ0) is 32.3. The molecule has 1 aliphatic rings. The molecule has 45 heavy (non-hydrogen) atoms. The van der Waals surface area contributed by atoms with Crippen LogP contribution < -0.4 is 5.32 Å². The number of fused-ring (bicyclic) bond motifs is 2. The molecular weight excluding hydrogens is 594 g/mol. The van der Waals surface area contributed by atoms with Crippen molar-refractivity contribution in [1.29, 1.82) is 0 Å². The standard InChI is InChI=1S/C23H16O6.C13H16ClNO/c24-20-16(14-7-3-1-5-12(14)9-18(20)22(26)27)11-17-15-8-4-2-6-13(15)10-19(21(17)25)23(28)29;1-15-13(9-5-4-8-12(13)16)10-6-2-3-7-11(10)14/h1-10,24-25H,11H2,(H,26,27)(H,28,29);2-3,6-7,15H,4-5,8-9H2,1H3. The summed E-state index contributed by atoms with van der Waals surface area (Å²) in [4.78, 5) is 35.4. The lowest BCUT2D eigenvalue weighted by Gasteiger charge is -2.36. The zero-order valence-corrected chi connectivity index (χ0v) is 25.3. The van der Waals surface area contributed by atoms with Gasteiger partial charge in [0.1, 0.15) is 28.2 Å². The van der Waals surface area contributed by atoms with Crippen molar-refractivity contribution in [2.24, 2.45) is 0 Å². The molecule has 230 valence electrons. The number of rotatable bonds is 6. The molecule has 0 bridgehead atoms. The number of carboxylic acid groups (broad SMARTS) is 2. The van der Waals surface area contributed by atoms with Gasteiger partial charge >= 0.3 is 11.9 Å². The molecule has 5 aromatic rings. The number of hydrogen-bond acceptors (Lipinski definition) is 6. The van der Waals surface area contributed by atoms with Gasteiger partial charge in [0.15, 0.2) is 5.78 Å². The molecule has 1 atom stereocenters. The fraction of sp³-hybridized carbons (Fsp3) is 0.194. The Morgan fingerprint density at radius 3 is 1.73 bits per heavy atom. The van der Waals surface area contributed by atoms with Gasteiger partial charge in [-0.05, 0) is 65.2 Å². The van der Waals surface area contributed by atoms with Crippen molar-refractivity contribution in [2.45, 2.75) is 37.6 Å². The van der Waals surface area contributed by atoms with Gasteiger partial charge in [0.25, 0.3) is 0 Å². The number of nitrogens with one attached hydrogen (secondary N) is 1. The minimum atomic E-state index is -1.28. The second-order valence-electron chi connectivity index (χ2n) is 11.0. The molecule has 0 aromatic heterocycles. The fourth-order valence-corrected chi connectivity index (χ4v) is 6.50. The lowest BCUT2D eigenvalue weighted by Crippen LogP contribution is -2.49. The lowest BCUT2D eigenvalue weighted by atomic mass is 9.75. The number of benzene rings is 5. The van der Waals surface area contributed by atoms with Crippen molar-refractivity contribution < 1.29 is 34.8 Å². The largest absolute Gasteiger partial charge is 0.507 e. The van der Waals surface area contributed by atoms with E-state index < -0.39 is 29.0 Å². The molecule has 0 amide bonds. The molecule has 6 rings (SSSR count). The Kier molecular flexibility index (Phi) is 9.09. The number of carbonyl (C=O) groups excluding carboxylic acids is 1. The number of likely N-dealkylation sites (N-methyl/N-ethyl adjacent to an activating group) is 1. The second-order valence-corrected chi connectivity index (χ2v) is 11.4. The summed E-state index contributed by atoms with van der Waals surface area (Å²) in [6, 6.07) is 24.4. The van der Waals surface area contributed by atoms with E-state index in [2.05, 4.69) is 5.32 Å². The number of carboxylic acids is 2. The number of ketones is 1. The second kappa shape index (κ2) is 13.0. The minimum absolute atomic E-state index is 0.0407. The summed E-state index contributed by atoms with van der Waals surface area (Å²) in [6.07, 6.45) is 3.50. The Morgan fingerprint density at radius 1 is 0.778 bits per heavy atom. The van der Waals surface area contributed by atoms with Gasteiger partial charge in [0.05, 0.1) is 0 Å². The molecule has 1 unspecified atom stereocenters. The number of phenols is 2. The SMILES string of the molecule is CNC1(c2ccccc2Cl)CCCCC1=O.O=C(O)c1cc2ccccc2c(Cc2c(O)c(C(=O)O)cc3ccccc23)c1O. The first-order valence-electron chi connectivity index (χ1n) is 14.5. The van der Waals surface area contributed by atoms with Crippen LogP contribution in [0.2, 0.25) is 5.02 Å². The summed E-state index contributed by atoms with van der Waals surface area (Å²) < 4.78 is 0. The summed E-state index contributed by atoms with van der Waals surface area (Å²) >= 11 is 6.20. The highest BCUT2D eigenvalue weighted by Gasteiger charge is 2.41. The van der Waals surface area contributed by atoms with Crippen LogP contribution in [0.4, 0.5) is 0 Å². The minimum Gasteiger partial charge on any atom is -0.507 e. The van der Waals surface area contributed by atoms with Crippen molar-refractivity contribution >= 4 is 50.9 Å². The fourth-order valence-electron chi connectivity index (χ4n) is 6.20. The quantitative estimate of drug-likeness (QED) is 0.132. The Balaban J connectivity index is 0.000000211. The first-order chi connectivity index (χ1) is 21.6. The van der Waals surface area contributed by atoms with Crippen molar-refractivity contribution in [3.8, 4) is 11.5 Å². The molecule has 0 aliphatic heterocycles. The molecule has 1 fully saturated rings. The first-order valence-corrected chi connectivity index (χ1v) is 14.9. The summed E-state index contributed by atoms with van der Waals surface area (Å²) in [6.45, 7) is 0. The third-order valence-corrected chi connectivity index (χ3v) is 8.84. The van der Waals surface area contributed by atoms with Crippen molar-refractivity contribution in [3.63, 3.8) is 0 Å². The Bertz CT molecular complexity index is 1850. The van der Waals surface area contributed by atoms with Gasteiger partial charge in [0, 0.05) is 29.0 Å². The van der Waals surface area contributed by atoms with Crippen LogP contribution in [0.15, 0.2) is 84.9 Å². The molecule has 5 aromatic carbocycles. The van der Waals surface area contributed by atoms with Crippen LogP contribution in [0, 0.1) is 0 Å². The van der Waals surface area contributed by atoms with E-state index in [4.69, 9.17) is 11.6 Å². The molecule has 0 spiro atoms. The maximum absolute atomic E-state index is 12.2. The predicted molar refractivity (Wildman–Crippen MR) is 174 cm³/mol. The highest BCUT2D eigenvalue weighted by Crippen LogP contribution is 2.39. The van der Waals surface area contributed by atoms with Gasteiger partial charge in [0.2, 0.25) is 0 Å². The summed E-state index contributed by atoms with van der Waals surface area (Å²) in [5.41, 5.74) is 0.473. The summed E-state index contributed by atoms with van der Waals surface area (Å²) in [5, 5.41) is 46.7. The smallest absolute Gasteiger partial charge is 0.339 e. The third kappa shape index (κ3) is 5.94. The van der Waals surface area contributed by atoms with E-state index in [0.29, 0.717) is 44.1 Å². The van der Waals surface area contributed by atoms with Crippen LogP contribution >= 0.6 is 11.6 Å². The lowest BCUT2D eigenvalue weighted by molar-refractivity contribution is -0.127. The average molecular weight is 626 g/mol. The number of Topliss-reactive ketones (excluding diaryl/α,β-unsaturated/α-hetero) is 1. The van der Waals surface area contributed by atoms with Crippen molar-refractivity contribution in [3.05, 3.63) is 118 Å². The molecule has 1 saturated carbocycles. The highest BCUT2D eigenvalue weighted by atomic mass is 35.5. The molecule has 9 heteroatoms. The van der Waals surface area contributed by atoms with E-state index in [-0.39, 0.29) is 23.3 Å². The number of aromatic carboxylic acids is 2. The van der Waals surface area contributed by atoms with Crippen LogP contribution in [-0.2, 0) is 16.8 Å². The predicted octanol–water partition coefficient (Wildman–Crippen LogP) is 7.29.